The van der Waals surface area contributed by atoms with Gasteiger partial charge < -0.3 is 5.32 Å². The van der Waals surface area contributed by atoms with Crippen LogP contribution in [0.1, 0.15) is 24.0 Å². The van der Waals surface area contributed by atoms with Crippen LogP contribution in [0.3, 0.4) is 0 Å². The first-order valence-corrected chi connectivity index (χ1v) is 10.8. The quantitative estimate of drug-likeness (QED) is 0.898. The van der Waals surface area contributed by atoms with E-state index < -0.39 is 10.0 Å². The van der Waals surface area contributed by atoms with Crippen LogP contribution >= 0.6 is 0 Å². The van der Waals surface area contributed by atoms with E-state index in [1.807, 2.05) is 17.1 Å². The zero-order valence-corrected chi connectivity index (χ0v) is 15.7. The van der Waals surface area contributed by atoms with Gasteiger partial charge in [-0.15, -0.1) is 0 Å². The molecular formula is C20H25N3O2S. The molecule has 1 N–H and O–H groups in total. The van der Waals surface area contributed by atoms with E-state index in [4.69, 9.17) is 0 Å². The van der Waals surface area contributed by atoms with Crippen molar-refractivity contribution >= 4 is 15.7 Å². The molecule has 1 saturated heterocycles. The van der Waals surface area contributed by atoms with E-state index in [-0.39, 0.29) is 0 Å². The monoisotopic (exact) mass is 371 g/mol. The standard InChI is InChI=1S/C20H25N3O2S/c24-26(25,20-8-2-1-3-9-20)23(22-14-12-21-13-15-22)19-11-10-17-6-4-5-7-18(17)16-19/h1-3,8-11,16,21H,4-7,12-15H2. The van der Waals surface area contributed by atoms with Gasteiger partial charge in [-0.1, -0.05) is 24.3 Å². The van der Waals surface area contributed by atoms with E-state index in [0.717, 1.165) is 31.6 Å². The molecule has 0 aromatic heterocycles. The summed E-state index contributed by atoms with van der Waals surface area (Å²) in [6, 6.07) is 14.9. The molecule has 1 aliphatic heterocycles. The third kappa shape index (κ3) is 3.37. The van der Waals surface area contributed by atoms with Gasteiger partial charge >= 0.3 is 0 Å². The lowest BCUT2D eigenvalue weighted by atomic mass is 9.91. The third-order valence-electron chi connectivity index (χ3n) is 5.17. The first kappa shape index (κ1) is 17.5. The molecule has 0 amide bonds. The minimum Gasteiger partial charge on any atom is -0.314 e. The van der Waals surface area contributed by atoms with Gasteiger partial charge in [-0.05, 0) is 61.1 Å². The van der Waals surface area contributed by atoms with Gasteiger partial charge in [-0.2, -0.15) is 12.8 Å². The van der Waals surface area contributed by atoms with Crippen LogP contribution in [0.25, 0.3) is 0 Å². The van der Waals surface area contributed by atoms with Crippen molar-refractivity contribution in [1.29, 1.82) is 0 Å². The topological polar surface area (TPSA) is 52.7 Å². The zero-order chi connectivity index (χ0) is 18.0. The van der Waals surface area contributed by atoms with E-state index in [2.05, 4.69) is 17.4 Å². The van der Waals surface area contributed by atoms with Crippen molar-refractivity contribution in [1.82, 2.24) is 10.3 Å². The maximum atomic E-state index is 13.5. The van der Waals surface area contributed by atoms with Crippen molar-refractivity contribution < 1.29 is 8.42 Å². The fourth-order valence-electron chi connectivity index (χ4n) is 3.82. The Morgan fingerprint density at radius 2 is 1.58 bits per heavy atom. The van der Waals surface area contributed by atoms with Crippen molar-refractivity contribution in [3.63, 3.8) is 0 Å². The van der Waals surface area contributed by atoms with Crippen LogP contribution < -0.4 is 9.73 Å². The lowest BCUT2D eigenvalue weighted by Gasteiger charge is -2.38. The lowest BCUT2D eigenvalue weighted by Crippen LogP contribution is -2.54. The van der Waals surface area contributed by atoms with Crippen LogP contribution in [-0.2, 0) is 22.9 Å². The van der Waals surface area contributed by atoms with E-state index in [0.29, 0.717) is 18.0 Å². The molecule has 2 aromatic carbocycles. The van der Waals surface area contributed by atoms with Gasteiger partial charge in [0.1, 0.15) is 0 Å². The number of piperazine rings is 1. The summed E-state index contributed by atoms with van der Waals surface area (Å²) in [6.45, 7) is 2.91. The van der Waals surface area contributed by atoms with Gasteiger partial charge in [0.2, 0.25) is 0 Å². The van der Waals surface area contributed by atoms with Crippen molar-refractivity contribution in [2.45, 2.75) is 30.6 Å². The Labute approximate surface area is 155 Å². The van der Waals surface area contributed by atoms with Crippen molar-refractivity contribution in [2.24, 2.45) is 0 Å². The van der Waals surface area contributed by atoms with Gasteiger partial charge in [-0.3, -0.25) is 0 Å². The molecule has 0 bridgehead atoms. The van der Waals surface area contributed by atoms with Crippen LogP contribution in [0, 0.1) is 0 Å². The van der Waals surface area contributed by atoms with Gasteiger partial charge in [0.05, 0.1) is 10.6 Å². The highest BCUT2D eigenvalue weighted by atomic mass is 32.2. The number of nitrogens with zero attached hydrogens (tertiary/aromatic N) is 2. The highest BCUT2D eigenvalue weighted by Gasteiger charge is 2.31. The average molecular weight is 372 g/mol. The van der Waals surface area contributed by atoms with Gasteiger partial charge in [0.15, 0.2) is 0 Å². The number of rotatable bonds is 4. The molecule has 6 heteroatoms. The van der Waals surface area contributed by atoms with Gasteiger partial charge in [-0.25, -0.2) is 5.01 Å². The smallest absolute Gasteiger partial charge is 0.277 e. The number of anilines is 1. The second-order valence-corrected chi connectivity index (χ2v) is 8.69. The predicted octanol–water partition coefficient (Wildman–Crippen LogP) is 2.58. The van der Waals surface area contributed by atoms with Crippen LogP contribution in [-0.4, -0.2) is 39.6 Å². The Bertz CT molecular complexity index is 862. The van der Waals surface area contributed by atoms with Crippen LogP contribution in [0.2, 0.25) is 0 Å². The molecule has 26 heavy (non-hydrogen) atoms. The first-order chi connectivity index (χ1) is 12.7. The second-order valence-electron chi connectivity index (χ2n) is 6.92. The Morgan fingerprint density at radius 1 is 0.885 bits per heavy atom. The highest BCUT2D eigenvalue weighted by Crippen LogP contribution is 2.30. The summed E-state index contributed by atoms with van der Waals surface area (Å²) in [7, 11) is -3.65. The largest absolute Gasteiger partial charge is 0.314 e. The minimum absolute atomic E-state index is 0.330. The molecule has 1 fully saturated rings. The molecule has 1 aliphatic carbocycles. The molecule has 5 nitrogen and oxygen atoms in total. The normalized spacial score (nSPS) is 18.3. The van der Waals surface area contributed by atoms with E-state index in [1.54, 1.807) is 24.3 Å². The zero-order valence-electron chi connectivity index (χ0n) is 14.9. The molecule has 0 spiro atoms. The molecule has 1 heterocycles. The number of nitrogens with one attached hydrogen (secondary N) is 1. The molecule has 0 unspecified atom stereocenters. The SMILES string of the molecule is O=S(=O)(c1ccccc1)N(c1ccc2c(c1)CCCC2)N1CCNCC1. The third-order valence-corrected chi connectivity index (χ3v) is 6.94. The predicted molar refractivity (Wildman–Crippen MR) is 104 cm³/mol. The number of aryl methyl sites for hydroxylation is 2. The molecule has 4 rings (SSSR count). The van der Waals surface area contributed by atoms with E-state index >= 15 is 0 Å². The molecule has 0 saturated carbocycles. The fourth-order valence-corrected chi connectivity index (χ4v) is 5.38. The maximum absolute atomic E-state index is 13.5. The number of sulfonamides is 1. The summed E-state index contributed by atoms with van der Waals surface area (Å²) in [6.07, 6.45) is 4.52. The highest BCUT2D eigenvalue weighted by molar-refractivity contribution is 7.92. The van der Waals surface area contributed by atoms with E-state index in [9.17, 15) is 8.42 Å². The molecular weight excluding hydrogens is 346 g/mol. The summed E-state index contributed by atoms with van der Waals surface area (Å²) in [5.74, 6) is 0. The lowest BCUT2D eigenvalue weighted by molar-refractivity contribution is 0.253. The summed E-state index contributed by atoms with van der Waals surface area (Å²) in [5.41, 5.74) is 3.39. The average Bonchev–Trinajstić information content (AvgIpc) is 2.69. The molecule has 0 radical (unpaired) electrons. The van der Waals surface area contributed by atoms with E-state index in [1.165, 1.54) is 28.4 Å². The van der Waals surface area contributed by atoms with Gasteiger partial charge in [0, 0.05) is 26.2 Å². The summed E-state index contributed by atoms with van der Waals surface area (Å²) in [4.78, 5) is 0.330. The van der Waals surface area contributed by atoms with Crippen LogP contribution in [0.15, 0.2) is 53.4 Å². The number of fused-ring (bicyclic) bond motifs is 1. The summed E-state index contributed by atoms with van der Waals surface area (Å²) >= 11 is 0. The van der Waals surface area contributed by atoms with Crippen molar-refractivity contribution in [3.05, 3.63) is 59.7 Å². The number of hydrazine groups is 1. The number of hydrogen-bond donors (Lipinski definition) is 1. The second kappa shape index (κ2) is 7.39. The molecule has 138 valence electrons. The maximum Gasteiger partial charge on any atom is 0.277 e. The number of benzene rings is 2. The van der Waals surface area contributed by atoms with Crippen molar-refractivity contribution in [3.8, 4) is 0 Å². The number of hydrogen-bond acceptors (Lipinski definition) is 4. The summed E-state index contributed by atoms with van der Waals surface area (Å²) < 4.78 is 28.5. The van der Waals surface area contributed by atoms with Gasteiger partial charge in [0.25, 0.3) is 10.0 Å². The van der Waals surface area contributed by atoms with Crippen molar-refractivity contribution in [2.75, 3.05) is 30.6 Å². The molecule has 2 aromatic rings. The van der Waals surface area contributed by atoms with Crippen LogP contribution in [0.5, 0.6) is 0 Å². The minimum atomic E-state index is -3.65. The Morgan fingerprint density at radius 3 is 2.31 bits per heavy atom. The fraction of sp³-hybridized carbons (Fsp3) is 0.400. The Kier molecular flexibility index (Phi) is 4.98. The Hall–Kier alpha value is -1.89. The summed E-state index contributed by atoms with van der Waals surface area (Å²) in [5, 5.41) is 5.25. The first-order valence-electron chi connectivity index (χ1n) is 9.34. The molecule has 2 aliphatic rings. The van der Waals surface area contributed by atoms with Crippen LogP contribution in [0.4, 0.5) is 5.69 Å². The molecule has 0 atom stereocenters. The Balaban J connectivity index is 1.78.